The lowest BCUT2D eigenvalue weighted by Gasteiger charge is -2.23. The van der Waals surface area contributed by atoms with E-state index < -0.39 is 0 Å². The van der Waals surface area contributed by atoms with Crippen LogP contribution in [0.1, 0.15) is 31.2 Å². The van der Waals surface area contributed by atoms with Crippen LogP contribution < -0.4 is 0 Å². The van der Waals surface area contributed by atoms with Gasteiger partial charge in [-0.15, -0.1) is 0 Å². The molecule has 1 saturated heterocycles. The first-order chi connectivity index (χ1) is 8.83. The van der Waals surface area contributed by atoms with Crippen molar-refractivity contribution in [2.75, 3.05) is 6.54 Å². The molecule has 1 aromatic rings. The summed E-state index contributed by atoms with van der Waals surface area (Å²) in [7, 11) is 0. The summed E-state index contributed by atoms with van der Waals surface area (Å²) in [4.78, 5) is 14.0. The molecule has 0 N–H and O–H groups in total. The molecule has 2 bridgehead atoms. The maximum absolute atomic E-state index is 12.1. The van der Waals surface area contributed by atoms with Gasteiger partial charge in [0.15, 0.2) is 0 Å². The second-order valence-electron chi connectivity index (χ2n) is 5.38. The third-order valence-corrected chi connectivity index (χ3v) is 4.09. The third-order valence-electron chi connectivity index (χ3n) is 4.09. The molecule has 1 aliphatic heterocycles. The van der Waals surface area contributed by atoms with Gasteiger partial charge in [0.05, 0.1) is 0 Å². The molecule has 1 amide bonds. The molecule has 3 nitrogen and oxygen atoms in total. The normalized spacial score (nSPS) is 26.1. The van der Waals surface area contributed by atoms with Crippen molar-refractivity contribution in [2.45, 2.75) is 38.3 Å². The molecule has 96 valence electrons. The van der Waals surface area contributed by atoms with Crippen molar-refractivity contribution in [3.05, 3.63) is 35.9 Å². The zero-order chi connectivity index (χ0) is 12.4. The average Bonchev–Trinajstić information content (AvgIpc) is 2.72. The quantitative estimate of drug-likeness (QED) is 0.800. The highest BCUT2D eigenvalue weighted by atomic mass is 16.6. The van der Waals surface area contributed by atoms with Gasteiger partial charge in [0.2, 0.25) is 0 Å². The van der Waals surface area contributed by atoms with Gasteiger partial charge in [0, 0.05) is 12.6 Å². The maximum atomic E-state index is 12.1. The van der Waals surface area contributed by atoms with Crippen molar-refractivity contribution in [1.82, 2.24) is 4.90 Å². The monoisotopic (exact) mass is 245 g/mol. The summed E-state index contributed by atoms with van der Waals surface area (Å²) in [5, 5.41) is 0. The number of nitrogens with zero attached hydrogens (tertiary/aromatic N) is 1. The fourth-order valence-corrected chi connectivity index (χ4v) is 3.16. The molecule has 3 rings (SSSR count). The number of carbonyl (C=O) groups excluding carboxylic acids is 1. The van der Waals surface area contributed by atoms with Crippen LogP contribution in [-0.4, -0.2) is 23.6 Å². The number of rotatable bonds is 2. The Morgan fingerprint density at radius 2 is 2.11 bits per heavy atom. The average molecular weight is 245 g/mol. The Morgan fingerprint density at radius 3 is 2.89 bits per heavy atom. The Kier molecular flexibility index (Phi) is 3.22. The van der Waals surface area contributed by atoms with Crippen molar-refractivity contribution < 1.29 is 9.53 Å². The standard InChI is InChI=1S/C15H19NO2/c17-15(18-11-12-5-2-1-3-6-12)16-10-13-7-4-8-14(16)9-13/h1-3,5-6,13-14H,4,7-11H2/t13-,14+/m0/s1. The Labute approximate surface area is 108 Å². The van der Waals surface area contributed by atoms with Crippen LogP contribution in [0.5, 0.6) is 0 Å². The number of hydrogen-bond donors (Lipinski definition) is 0. The highest BCUT2D eigenvalue weighted by molar-refractivity contribution is 5.68. The molecule has 1 aliphatic carbocycles. The smallest absolute Gasteiger partial charge is 0.410 e. The highest BCUT2D eigenvalue weighted by Gasteiger charge is 2.38. The molecular weight excluding hydrogens is 226 g/mol. The minimum Gasteiger partial charge on any atom is -0.445 e. The van der Waals surface area contributed by atoms with Gasteiger partial charge in [-0.05, 0) is 30.7 Å². The van der Waals surface area contributed by atoms with Crippen molar-refractivity contribution in [2.24, 2.45) is 5.92 Å². The van der Waals surface area contributed by atoms with E-state index in [0.717, 1.165) is 18.5 Å². The van der Waals surface area contributed by atoms with Crippen molar-refractivity contribution >= 4 is 6.09 Å². The summed E-state index contributed by atoms with van der Waals surface area (Å²) in [6.07, 6.45) is 4.74. The fourth-order valence-electron chi connectivity index (χ4n) is 3.16. The van der Waals surface area contributed by atoms with E-state index >= 15 is 0 Å². The summed E-state index contributed by atoms with van der Waals surface area (Å²) in [6, 6.07) is 10.3. The second-order valence-corrected chi connectivity index (χ2v) is 5.38. The van der Waals surface area contributed by atoms with E-state index in [-0.39, 0.29) is 6.09 Å². The van der Waals surface area contributed by atoms with Crippen LogP contribution in [0.3, 0.4) is 0 Å². The summed E-state index contributed by atoms with van der Waals surface area (Å²) in [6.45, 7) is 1.28. The summed E-state index contributed by atoms with van der Waals surface area (Å²) in [5.41, 5.74) is 1.05. The van der Waals surface area contributed by atoms with E-state index in [2.05, 4.69) is 0 Å². The lowest BCUT2D eigenvalue weighted by atomic mass is 9.91. The maximum Gasteiger partial charge on any atom is 0.410 e. The number of benzene rings is 1. The van der Waals surface area contributed by atoms with Gasteiger partial charge in [-0.1, -0.05) is 36.8 Å². The summed E-state index contributed by atoms with van der Waals surface area (Å²) >= 11 is 0. The van der Waals surface area contributed by atoms with Crippen LogP contribution in [0.25, 0.3) is 0 Å². The number of carbonyl (C=O) groups is 1. The molecule has 0 spiro atoms. The van der Waals surface area contributed by atoms with Gasteiger partial charge in [0.25, 0.3) is 0 Å². The van der Waals surface area contributed by atoms with Crippen LogP contribution >= 0.6 is 0 Å². The van der Waals surface area contributed by atoms with Gasteiger partial charge < -0.3 is 9.64 Å². The summed E-state index contributed by atoms with van der Waals surface area (Å²) < 4.78 is 5.41. The fraction of sp³-hybridized carbons (Fsp3) is 0.533. The second kappa shape index (κ2) is 5.01. The molecule has 2 fully saturated rings. The number of ether oxygens (including phenoxy) is 1. The Balaban J connectivity index is 1.56. The van der Waals surface area contributed by atoms with Crippen molar-refractivity contribution in [3.63, 3.8) is 0 Å². The highest BCUT2D eigenvalue weighted by Crippen LogP contribution is 2.35. The molecule has 0 aromatic heterocycles. The van der Waals surface area contributed by atoms with Crippen LogP contribution in [0.2, 0.25) is 0 Å². The molecule has 0 unspecified atom stereocenters. The molecule has 2 atom stereocenters. The van der Waals surface area contributed by atoms with Crippen LogP contribution in [0.4, 0.5) is 4.79 Å². The predicted octanol–water partition coefficient (Wildman–Crippen LogP) is 3.20. The first-order valence-corrected chi connectivity index (χ1v) is 6.80. The zero-order valence-electron chi connectivity index (χ0n) is 10.5. The number of amides is 1. The Morgan fingerprint density at radius 1 is 1.28 bits per heavy atom. The first-order valence-electron chi connectivity index (χ1n) is 6.80. The SMILES string of the molecule is O=C(OCc1ccccc1)N1C[C@H]2CCC[C@@H]1C2. The topological polar surface area (TPSA) is 29.5 Å². The minimum atomic E-state index is -0.131. The Bertz CT molecular complexity index is 418. The van der Waals surface area contributed by atoms with E-state index in [0.29, 0.717) is 18.6 Å². The van der Waals surface area contributed by atoms with Gasteiger partial charge in [0.1, 0.15) is 6.61 Å². The molecule has 1 saturated carbocycles. The van der Waals surface area contributed by atoms with E-state index in [4.69, 9.17) is 4.74 Å². The summed E-state index contributed by atoms with van der Waals surface area (Å²) in [5.74, 6) is 0.716. The molecule has 3 heteroatoms. The number of hydrogen-bond acceptors (Lipinski definition) is 2. The van der Waals surface area contributed by atoms with Gasteiger partial charge >= 0.3 is 6.09 Å². The molecule has 0 radical (unpaired) electrons. The van der Waals surface area contributed by atoms with Crippen molar-refractivity contribution in [1.29, 1.82) is 0 Å². The molecular formula is C15H19NO2. The predicted molar refractivity (Wildman–Crippen MR) is 69.1 cm³/mol. The van der Waals surface area contributed by atoms with E-state index in [1.54, 1.807) is 0 Å². The van der Waals surface area contributed by atoms with E-state index in [1.165, 1.54) is 19.3 Å². The Hall–Kier alpha value is -1.51. The number of fused-ring (bicyclic) bond motifs is 2. The minimum absolute atomic E-state index is 0.131. The molecule has 18 heavy (non-hydrogen) atoms. The largest absolute Gasteiger partial charge is 0.445 e. The lowest BCUT2D eigenvalue weighted by molar-refractivity contribution is 0.0914. The third kappa shape index (κ3) is 2.35. The molecule has 2 aliphatic rings. The zero-order valence-corrected chi connectivity index (χ0v) is 10.5. The van der Waals surface area contributed by atoms with Crippen molar-refractivity contribution in [3.8, 4) is 0 Å². The lowest BCUT2D eigenvalue weighted by Crippen LogP contribution is -2.35. The molecule has 1 aromatic carbocycles. The first kappa shape index (κ1) is 11.6. The van der Waals surface area contributed by atoms with Gasteiger partial charge in [-0.25, -0.2) is 4.79 Å². The molecule has 1 heterocycles. The van der Waals surface area contributed by atoms with Gasteiger partial charge in [-0.2, -0.15) is 0 Å². The van der Waals surface area contributed by atoms with Crippen LogP contribution in [-0.2, 0) is 11.3 Å². The van der Waals surface area contributed by atoms with Crippen LogP contribution in [0.15, 0.2) is 30.3 Å². The van der Waals surface area contributed by atoms with E-state index in [9.17, 15) is 4.79 Å². The van der Waals surface area contributed by atoms with Crippen LogP contribution in [0, 0.1) is 5.92 Å². The van der Waals surface area contributed by atoms with E-state index in [1.807, 2.05) is 35.2 Å². The number of likely N-dealkylation sites (tertiary alicyclic amines) is 1. The van der Waals surface area contributed by atoms with Gasteiger partial charge in [-0.3, -0.25) is 0 Å².